The van der Waals surface area contributed by atoms with Gasteiger partial charge in [0.2, 0.25) is 0 Å². The van der Waals surface area contributed by atoms with Crippen LogP contribution in [0.15, 0.2) is 24.3 Å². The first-order valence-corrected chi connectivity index (χ1v) is 7.86. The van der Waals surface area contributed by atoms with Crippen molar-refractivity contribution in [3.8, 4) is 0 Å². The zero-order chi connectivity index (χ0) is 14.8. The second kappa shape index (κ2) is 5.85. The van der Waals surface area contributed by atoms with E-state index in [-0.39, 0.29) is 16.8 Å². The minimum atomic E-state index is -0.142. The van der Waals surface area contributed by atoms with Crippen LogP contribution in [0, 0.1) is 11.7 Å². The highest BCUT2D eigenvalue weighted by molar-refractivity contribution is 5.30. The Balaban J connectivity index is 2.11. The molecule has 112 valence electrons. The third-order valence-electron chi connectivity index (χ3n) is 4.47. The van der Waals surface area contributed by atoms with Crippen LogP contribution in [-0.4, -0.2) is 12.1 Å². The van der Waals surface area contributed by atoms with Gasteiger partial charge in [0.1, 0.15) is 5.82 Å². The fourth-order valence-corrected chi connectivity index (χ4v) is 3.38. The van der Waals surface area contributed by atoms with E-state index in [0.29, 0.717) is 0 Å². The van der Waals surface area contributed by atoms with E-state index < -0.39 is 0 Å². The Kier molecular flexibility index (Phi) is 4.53. The van der Waals surface area contributed by atoms with Gasteiger partial charge in [-0.2, -0.15) is 0 Å². The monoisotopic (exact) mass is 277 g/mol. The van der Waals surface area contributed by atoms with Crippen LogP contribution in [-0.2, 0) is 5.41 Å². The highest BCUT2D eigenvalue weighted by atomic mass is 19.1. The molecule has 1 aliphatic carbocycles. The summed E-state index contributed by atoms with van der Waals surface area (Å²) < 4.78 is 13.2. The van der Waals surface area contributed by atoms with E-state index in [1.807, 2.05) is 12.1 Å². The van der Waals surface area contributed by atoms with Crippen molar-refractivity contribution in [3.05, 3.63) is 35.6 Å². The zero-order valence-electron chi connectivity index (χ0n) is 13.3. The molecule has 0 aromatic heterocycles. The Labute approximate surface area is 123 Å². The van der Waals surface area contributed by atoms with Gasteiger partial charge >= 0.3 is 0 Å². The maximum Gasteiger partial charge on any atom is 0.123 e. The molecule has 1 nitrogen and oxygen atoms in total. The first kappa shape index (κ1) is 15.5. The smallest absolute Gasteiger partial charge is 0.123 e. The average molecular weight is 277 g/mol. The quantitative estimate of drug-likeness (QED) is 0.825. The summed E-state index contributed by atoms with van der Waals surface area (Å²) in [5.74, 6) is 0.698. The molecule has 0 saturated heterocycles. The molecule has 1 aromatic carbocycles. The van der Waals surface area contributed by atoms with Crippen LogP contribution in [0.2, 0.25) is 0 Å². The summed E-state index contributed by atoms with van der Waals surface area (Å²) in [6, 6.07) is 7.15. The number of rotatable bonds is 5. The summed E-state index contributed by atoms with van der Waals surface area (Å²) >= 11 is 0. The molecule has 0 aliphatic heterocycles. The van der Waals surface area contributed by atoms with Crippen molar-refractivity contribution in [1.82, 2.24) is 5.32 Å². The molecule has 1 aliphatic rings. The highest BCUT2D eigenvalue weighted by Crippen LogP contribution is 2.49. The van der Waals surface area contributed by atoms with Gasteiger partial charge in [-0.25, -0.2) is 4.39 Å². The maximum absolute atomic E-state index is 13.2. The second-order valence-corrected chi connectivity index (χ2v) is 7.45. The average Bonchev–Trinajstić information content (AvgIpc) is 2.32. The lowest BCUT2D eigenvalue weighted by Crippen LogP contribution is -2.52. The first-order valence-electron chi connectivity index (χ1n) is 7.86. The lowest BCUT2D eigenvalue weighted by atomic mass is 9.57. The van der Waals surface area contributed by atoms with Crippen molar-refractivity contribution in [2.75, 3.05) is 6.54 Å². The summed E-state index contributed by atoms with van der Waals surface area (Å²) in [6.45, 7) is 9.85. The molecule has 1 aromatic rings. The molecular weight excluding hydrogens is 249 g/mol. The van der Waals surface area contributed by atoms with E-state index in [1.165, 1.54) is 31.2 Å². The fourth-order valence-electron chi connectivity index (χ4n) is 3.38. The molecule has 0 atom stereocenters. The van der Waals surface area contributed by atoms with E-state index in [1.54, 1.807) is 12.1 Å². The van der Waals surface area contributed by atoms with Gasteiger partial charge in [-0.05, 0) is 57.2 Å². The molecule has 0 unspecified atom stereocenters. The molecule has 20 heavy (non-hydrogen) atoms. The van der Waals surface area contributed by atoms with Crippen LogP contribution in [0.1, 0.15) is 58.9 Å². The standard InChI is InChI=1S/C18H28FN/c1-5-6-14-11-18(12-14,13-20-17(2,3)4)15-7-9-16(19)10-8-15/h7-10,14,20H,5-6,11-13H2,1-4H3. The maximum atomic E-state index is 13.2. The Morgan fingerprint density at radius 2 is 1.80 bits per heavy atom. The molecule has 2 heteroatoms. The number of hydrogen-bond acceptors (Lipinski definition) is 1. The predicted octanol–water partition coefficient (Wildman–Crippen LogP) is 4.66. The van der Waals surface area contributed by atoms with Gasteiger partial charge in [0.15, 0.2) is 0 Å². The number of hydrogen-bond donors (Lipinski definition) is 1. The van der Waals surface area contributed by atoms with Crippen molar-refractivity contribution in [2.45, 2.75) is 64.3 Å². The minimum Gasteiger partial charge on any atom is -0.311 e. The molecule has 0 amide bonds. The normalized spacial score (nSPS) is 26.4. The number of nitrogens with one attached hydrogen (secondary N) is 1. The Bertz CT molecular complexity index is 424. The van der Waals surface area contributed by atoms with Gasteiger partial charge in [0, 0.05) is 17.5 Å². The van der Waals surface area contributed by atoms with E-state index >= 15 is 0 Å². The lowest BCUT2D eigenvalue weighted by Gasteiger charge is -2.50. The van der Waals surface area contributed by atoms with Crippen molar-refractivity contribution >= 4 is 0 Å². The molecule has 0 heterocycles. The van der Waals surface area contributed by atoms with Gasteiger partial charge in [-0.15, -0.1) is 0 Å². The summed E-state index contributed by atoms with van der Waals surface area (Å²) in [4.78, 5) is 0. The molecule has 0 spiro atoms. The van der Waals surface area contributed by atoms with Gasteiger partial charge in [0.05, 0.1) is 0 Å². The van der Waals surface area contributed by atoms with E-state index in [0.717, 1.165) is 12.5 Å². The molecular formula is C18H28FN. The van der Waals surface area contributed by atoms with Crippen molar-refractivity contribution < 1.29 is 4.39 Å². The van der Waals surface area contributed by atoms with Crippen LogP contribution < -0.4 is 5.32 Å². The van der Waals surface area contributed by atoms with E-state index in [2.05, 4.69) is 33.0 Å². The number of halogens is 1. The zero-order valence-corrected chi connectivity index (χ0v) is 13.3. The summed E-state index contributed by atoms with van der Waals surface area (Å²) in [6.07, 6.45) is 5.04. The van der Waals surface area contributed by atoms with E-state index in [4.69, 9.17) is 0 Å². The minimum absolute atomic E-state index is 0.128. The second-order valence-electron chi connectivity index (χ2n) is 7.45. The van der Waals surface area contributed by atoms with Gasteiger partial charge < -0.3 is 5.32 Å². The van der Waals surface area contributed by atoms with Crippen molar-refractivity contribution in [1.29, 1.82) is 0 Å². The predicted molar refractivity (Wildman–Crippen MR) is 83.5 cm³/mol. The van der Waals surface area contributed by atoms with Crippen LogP contribution in [0.5, 0.6) is 0 Å². The molecule has 1 saturated carbocycles. The molecule has 1 fully saturated rings. The molecule has 2 rings (SSSR count). The fraction of sp³-hybridized carbons (Fsp3) is 0.667. The van der Waals surface area contributed by atoms with Crippen molar-refractivity contribution in [2.24, 2.45) is 5.92 Å². The first-order chi connectivity index (χ1) is 9.35. The molecule has 0 bridgehead atoms. The Morgan fingerprint density at radius 3 is 2.30 bits per heavy atom. The summed E-state index contributed by atoms with van der Waals surface area (Å²) in [5, 5.41) is 3.65. The Morgan fingerprint density at radius 1 is 1.20 bits per heavy atom. The van der Waals surface area contributed by atoms with E-state index in [9.17, 15) is 4.39 Å². The van der Waals surface area contributed by atoms with Gasteiger partial charge in [-0.1, -0.05) is 31.9 Å². The van der Waals surface area contributed by atoms with Crippen LogP contribution in [0.3, 0.4) is 0 Å². The third kappa shape index (κ3) is 3.60. The SMILES string of the molecule is CCCC1CC(CNC(C)(C)C)(c2ccc(F)cc2)C1. The van der Waals surface area contributed by atoms with Crippen molar-refractivity contribution in [3.63, 3.8) is 0 Å². The summed E-state index contributed by atoms with van der Waals surface area (Å²) in [5.41, 5.74) is 1.63. The summed E-state index contributed by atoms with van der Waals surface area (Å²) in [7, 11) is 0. The topological polar surface area (TPSA) is 12.0 Å². The van der Waals surface area contributed by atoms with Crippen LogP contribution in [0.4, 0.5) is 4.39 Å². The van der Waals surface area contributed by atoms with Crippen LogP contribution in [0.25, 0.3) is 0 Å². The van der Waals surface area contributed by atoms with Gasteiger partial charge in [0.25, 0.3) is 0 Å². The molecule has 0 radical (unpaired) electrons. The van der Waals surface area contributed by atoms with Gasteiger partial charge in [-0.3, -0.25) is 0 Å². The Hall–Kier alpha value is -0.890. The lowest BCUT2D eigenvalue weighted by molar-refractivity contribution is 0.120. The van der Waals surface area contributed by atoms with Crippen LogP contribution >= 0.6 is 0 Å². The number of benzene rings is 1. The largest absolute Gasteiger partial charge is 0.311 e. The highest BCUT2D eigenvalue weighted by Gasteiger charge is 2.44. The third-order valence-corrected chi connectivity index (χ3v) is 4.47. The molecule has 1 N–H and O–H groups in total.